The maximum absolute atomic E-state index is 3.52. The fraction of sp³-hybridized carbons (Fsp3) is 1.00. The molecule has 2 heteroatoms. The van der Waals surface area contributed by atoms with E-state index in [4.69, 9.17) is 0 Å². The maximum atomic E-state index is 3.52. The second-order valence-corrected chi connectivity index (χ2v) is 3.46. The Morgan fingerprint density at radius 3 is 2.22 bits per heavy atom. The Kier molecular flexibility index (Phi) is 1.08. The maximum Gasteiger partial charge on any atom is 0.0239 e. The molecule has 0 aromatic carbocycles. The number of hydrogen-bond acceptors (Lipinski definition) is 2. The van der Waals surface area contributed by atoms with Gasteiger partial charge in [0.15, 0.2) is 0 Å². The zero-order chi connectivity index (χ0) is 6.43. The third-order valence-electron chi connectivity index (χ3n) is 2.71. The van der Waals surface area contributed by atoms with Crippen molar-refractivity contribution in [1.29, 1.82) is 0 Å². The average molecular weight is 126 g/mol. The van der Waals surface area contributed by atoms with Crippen molar-refractivity contribution in [2.24, 2.45) is 5.92 Å². The van der Waals surface area contributed by atoms with E-state index in [1.165, 1.54) is 13.1 Å². The average Bonchev–Trinajstić information content (AvgIpc) is 1.87. The van der Waals surface area contributed by atoms with Crippen molar-refractivity contribution in [3.8, 4) is 0 Å². The minimum atomic E-state index is 0.800. The molecule has 3 rings (SSSR count). The third-order valence-corrected chi connectivity index (χ3v) is 2.71. The fourth-order valence-electron chi connectivity index (χ4n) is 1.92. The molecule has 3 fully saturated rings. The largest absolute Gasteiger partial charge is 0.308 e. The van der Waals surface area contributed by atoms with Gasteiger partial charge < -0.3 is 10.2 Å². The van der Waals surface area contributed by atoms with E-state index >= 15 is 0 Å². The lowest BCUT2D eigenvalue weighted by Crippen LogP contribution is -2.71. The van der Waals surface area contributed by atoms with Crippen LogP contribution in [-0.2, 0) is 0 Å². The van der Waals surface area contributed by atoms with Crippen molar-refractivity contribution in [3.63, 3.8) is 0 Å². The molecule has 0 spiro atoms. The van der Waals surface area contributed by atoms with Crippen LogP contribution in [0.4, 0.5) is 0 Å². The predicted molar refractivity (Wildman–Crippen MR) is 37.4 cm³/mol. The highest BCUT2D eigenvalue weighted by atomic mass is 15.2. The minimum Gasteiger partial charge on any atom is -0.308 e. The van der Waals surface area contributed by atoms with Gasteiger partial charge in [-0.2, -0.15) is 0 Å². The van der Waals surface area contributed by atoms with Crippen LogP contribution in [0.3, 0.4) is 0 Å². The van der Waals surface area contributed by atoms with Gasteiger partial charge in [0.2, 0.25) is 0 Å². The van der Waals surface area contributed by atoms with E-state index < -0.39 is 0 Å². The Labute approximate surface area is 56.2 Å². The fourth-order valence-corrected chi connectivity index (χ4v) is 1.92. The number of rotatable bonds is 0. The first kappa shape index (κ1) is 5.69. The van der Waals surface area contributed by atoms with E-state index in [0.717, 1.165) is 18.0 Å². The molecule has 3 aliphatic rings. The normalized spacial score (nSPS) is 50.7. The molecule has 3 heterocycles. The molecule has 2 nitrogen and oxygen atoms in total. The summed E-state index contributed by atoms with van der Waals surface area (Å²) < 4.78 is 0. The van der Waals surface area contributed by atoms with Gasteiger partial charge in [-0.25, -0.2) is 0 Å². The van der Waals surface area contributed by atoms with Gasteiger partial charge in [0.1, 0.15) is 0 Å². The van der Waals surface area contributed by atoms with Gasteiger partial charge in [-0.1, -0.05) is 6.92 Å². The van der Waals surface area contributed by atoms with E-state index in [0.29, 0.717) is 0 Å². The number of nitrogens with one attached hydrogen (secondary N) is 1. The van der Waals surface area contributed by atoms with E-state index in [2.05, 4.69) is 24.2 Å². The summed E-state index contributed by atoms with van der Waals surface area (Å²) in [6.07, 6.45) is 0. The highest BCUT2D eigenvalue weighted by Gasteiger charge is 2.41. The van der Waals surface area contributed by atoms with Gasteiger partial charge in [-0.3, -0.25) is 0 Å². The molecule has 0 amide bonds. The summed E-state index contributed by atoms with van der Waals surface area (Å²) in [5.41, 5.74) is 0. The summed E-state index contributed by atoms with van der Waals surface area (Å²) >= 11 is 0. The first-order chi connectivity index (χ1) is 4.27. The Balaban J connectivity index is 2.01. The zero-order valence-electron chi connectivity index (χ0n) is 6.09. The number of nitrogens with zero attached hydrogens (tertiary/aromatic N) is 1. The van der Waals surface area contributed by atoms with Gasteiger partial charge >= 0.3 is 0 Å². The highest BCUT2D eigenvalue weighted by molar-refractivity contribution is 5.01. The quantitative estimate of drug-likeness (QED) is 0.488. The molecule has 2 bridgehead atoms. The first-order valence-corrected chi connectivity index (χ1v) is 3.72. The SMILES string of the molecule is CC1C2CN(C)CC1N2. The number of fused-ring (bicyclic) bond motifs is 2. The molecule has 0 radical (unpaired) electrons. The third kappa shape index (κ3) is 0.700. The Morgan fingerprint density at radius 2 is 1.89 bits per heavy atom. The lowest BCUT2D eigenvalue weighted by atomic mass is 9.80. The first-order valence-electron chi connectivity index (χ1n) is 3.72. The van der Waals surface area contributed by atoms with Crippen LogP contribution in [0.5, 0.6) is 0 Å². The molecule has 3 aliphatic heterocycles. The van der Waals surface area contributed by atoms with E-state index in [-0.39, 0.29) is 0 Å². The van der Waals surface area contributed by atoms with Crippen LogP contribution in [0.15, 0.2) is 0 Å². The number of likely N-dealkylation sites (N-methyl/N-ethyl adjacent to an activating group) is 1. The van der Waals surface area contributed by atoms with Crippen LogP contribution >= 0.6 is 0 Å². The Morgan fingerprint density at radius 1 is 1.33 bits per heavy atom. The number of piperidine rings is 1. The van der Waals surface area contributed by atoms with Gasteiger partial charge in [-0.15, -0.1) is 0 Å². The molecule has 0 aliphatic carbocycles. The van der Waals surface area contributed by atoms with Gasteiger partial charge in [0.25, 0.3) is 0 Å². The second-order valence-electron chi connectivity index (χ2n) is 3.46. The molecule has 52 valence electrons. The van der Waals surface area contributed by atoms with Crippen molar-refractivity contribution in [2.45, 2.75) is 19.0 Å². The van der Waals surface area contributed by atoms with Gasteiger partial charge in [0.05, 0.1) is 0 Å². The highest BCUT2D eigenvalue weighted by Crippen LogP contribution is 2.26. The van der Waals surface area contributed by atoms with Crippen LogP contribution in [-0.4, -0.2) is 37.1 Å². The molecule has 0 saturated carbocycles. The summed E-state index contributed by atoms with van der Waals surface area (Å²) in [7, 11) is 2.20. The summed E-state index contributed by atoms with van der Waals surface area (Å²) in [5.74, 6) is 0.932. The summed E-state index contributed by atoms with van der Waals surface area (Å²) in [6, 6.07) is 1.60. The van der Waals surface area contributed by atoms with Crippen molar-refractivity contribution >= 4 is 0 Å². The molecule has 0 aromatic heterocycles. The smallest absolute Gasteiger partial charge is 0.0239 e. The van der Waals surface area contributed by atoms with Gasteiger partial charge in [0, 0.05) is 25.2 Å². The van der Waals surface area contributed by atoms with Crippen molar-refractivity contribution in [3.05, 3.63) is 0 Å². The summed E-state index contributed by atoms with van der Waals surface area (Å²) in [4.78, 5) is 2.41. The lowest BCUT2D eigenvalue weighted by molar-refractivity contribution is 0.0372. The summed E-state index contributed by atoms with van der Waals surface area (Å²) in [6.45, 7) is 4.84. The predicted octanol–water partition coefficient (Wildman–Crippen LogP) is -0.0917. The Bertz CT molecular complexity index is 112. The monoisotopic (exact) mass is 126 g/mol. The number of hydrogen-bond donors (Lipinski definition) is 1. The lowest BCUT2D eigenvalue weighted by Gasteiger charge is -2.52. The van der Waals surface area contributed by atoms with Crippen molar-refractivity contribution in [1.82, 2.24) is 10.2 Å². The van der Waals surface area contributed by atoms with E-state index in [1.807, 2.05) is 0 Å². The van der Waals surface area contributed by atoms with E-state index in [9.17, 15) is 0 Å². The minimum absolute atomic E-state index is 0.800. The van der Waals surface area contributed by atoms with E-state index in [1.54, 1.807) is 0 Å². The van der Waals surface area contributed by atoms with Crippen molar-refractivity contribution < 1.29 is 0 Å². The topological polar surface area (TPSA) is 15.3 Å². The molecular weight excluding hydrogens is 112 g/mol. The van der Waals surface area contributed by atoms with Crippen LogP contribution < -0.4 is 5.32 Å². The Hall–Kier alpha value is -0.0800. The summed E-state index contributed by atoms with van der Waals surface area (Å²) in [5, 5.41) is 3.52. The zero-order valence-corrected chi connectivity index (χ0v) is 6.09. The molecule has 2 unspecified atom stereocenters. The van der Waals surface area contributed by atoms with Crippen LogP contribution in [0, 0.1) is 5.92 Å². The number of piperazine rings is 1. The standard InChI is InChI=1S/C7H14N2/c1-5-6-3-9(2)4-7(5)8-6/h5-8H,3-4H2,1-2H3. The molecule has 2 atom stereocenters. The second kappa shape index (κ2) is 1.70. The molecule has 9 heavy (non-hydrogen) atoms. The van der Waals surface area contributed by atoms with Crippen LogP contribution in [0.25, 0.3) is 0 Å². The molecule has 0 aromatic rings. The van der Waals surface area contributed by atoms with Crippen LogP contribution in [0.2, 0.25) is 0 Å². The van der Waals surface area contributed by atoms with Gasteiger partial charge in [-0.05, 0) is 13.0 Å². The van der Waals surface area contributed by atoms with Crippen molar-refractivity contribution in [2.75, 3.05) is 20.1 Å². The molecular formula is C7H14N2. The molecule has 1 N–H and O–H groups in total. The van der Waals surface area contributed by atoms with Crippen LogP contribution in [0.1, 0.15) is 6.92 Å². The molecule has 3 saturated heterocycles.